The fraction of sp³-hybridized carbons (Fsp3) is 0.345. The molecule has 6 rings (SSSR count). The summed E-state index contributed by atoms with van der Waals surface area (Å²) in [5.41, 5.74) is 3.60. The largest absolute Gasteiger partial charge is 0.495 e. The summed E-state index contributed by atoms with van der Waals surface area (Å²) in [6.07, 6.45) is 11.1. The SMILES string of the molecule is COc1cc(C(=O)N2CC(OC)C2)ccc1Nc1cc2cc(-c3cnn(C4CCCC4)c3)ccc2cn1. The minimum atomic E-state index is -0.0224. The highest BCUT2D eigenvalue weighted by Crippen LogP contribution is 2.33. The van der Waals surface area contributed by atoms with Crippen LogP contribution in [0.3, 0.4) is 0 Å². The number of benzene rings is 2. The predicted molar refractivity (Wildman–Crippen MR) is 143 cm³/mol. The van der Waals surface area contributed by atoms with Gasteiger partial charge in [-0.15, -0.1) is 0 Å². The summed E-state index contributed by atoms with van der Waals surface area (Å²) in [5, 5.41) is 10.1. The first-order valence-corrected chi connectivity index (χ1v) is 12.8. The summed E-state index contributed by atoms with van der Waals surface area (Å²) >= 11 is 0. The van der Waals surface area contributed by atoms with Crippen molar-refractivity contribution in [2.24, 2.45) is 0 Å². The number of rotatable bonds is 7. The van der Waals surface area contributed by atoms with E-state index < -0.39 is 0 Å². The van der Waals surface area contributed by atoms with Crippen molar-refractivity contribution >= 4 is 28.2 Å². The first-order valence-electron chi connectivity index (χ1n) is 12.8. The van der Waals surface area contributed by atoms with E-state index in [2.05, 4.69) is 44.5 Å². The molecule has 2 fully saturated rings. The smallest absolute Gasteiger partial charge is 0.254 e. The van der Waals surface area contributed by atoms with Gasteiger partial charge >= 0.3 is 0 Å². The van der Waals surface area contributed by atoms with Crippen molar-refractivity contribution in [2.75, 3.05) is 32.6 Å². The molecule has 4 aromatic rings. The van der Waals surface area contributed by atoms with Gasteiger partial charge in [-0.2, -0.15) is 5.10 Å². The van der Waals surface area contributed by atoms with Crippen LogP contribution in [0.4, 0.5) is 11.5 Å². The average molecular weight is 498 g/mol. The first kappa shape index (κ1) is 23.5. The summed E-state index contributed by atoms with van der Waals surface area (Å²) in [6.45, 7) is 1.23. The zero-order valence-electron chi connectivity index (χ0n) is 21.2. The van der Waals surface area contributed by atoms with Crippen molar-refractivity contribution in [2.45, 2.75) is 37.8 Å². The molecule has 37 heavy (non-hydrogen) atoms. The minimum absolute atomic E-state index is 0.0224. The molecule has 2 aliphatic rings. The van der Waals surface area contributed by atoms with Gasteiger partial charge in [-0.1, -0.05) is 25.0 Å². The van der Waals surface area contributed by atoms with Crippen LogP contribution in [0.15, 0.2) is 61.1 Å². The molecule has 0 radical (unpaired) electrons. The Morgan fingerprint density at radius 3 is 2.59 bits per heavy atom. The quantitative estimate of drug-likeness (QED) is 0.366. The van der Waals surface area contributed by atoms with Crippen LogP contribution in [0.1, 0.15) is 42.1 Å². The van der Waals surface area contributed by atoms with Gasteiger partial charge in [0, 0.05) is 49.1 Å². The molecular formula is C29H31N5O3. The van der Waals surface area contributed by atoms with E-state index in [0.717, 1.165) is 27.6 Å². The van der Waals surface area contributed by atoms with E-state index in [-0.39, 0.29) is 12.0 Å². The van der Waals surface area contributed by atoms with Gasteiger partial charge in [0.15, 0.2) is 0 Å². The molecule has 1 amide bonds. The number of likely N-dealkylation sites (tertiary alicyclic amines) is 1. The number of carbonyl (C=O) groups is 1. The maximum atomic E-state index is 12.8. The standard InChI is InChI=1S/C29H31N5O3/c1-36-25-17-33(18-25)29(35)20-9-10-26(27(12-20)37-2)32-28-13-22-11-19(7-8-21(22)14-30-28)23-15-31-34(16-23)24-5-3-4-6-24/h7-16,24-25H,3-6,17-18H2,1-2H3,(H,30,32). The Labute approximate surface area is 216 Å². The van der Waals surface area contributed by atoms with Crippen LogP contribution in [-0.2, 0) is 4.74 Å². The maximum Gasteiger partial charge on any atom is 0.254 e. The molecule has 1 aliphatic carbocycles. The first-order chi connectivity index (χ1) is 18.1. The fourth-order valence-corrected chi connectivity index (χ4v) is 5.25. The summed E-state index contributed by atoms with van der Waals surface area (Å²) in [5.74, 6) is 1.27. The third-order valence-electron chi connectivity index (χ3n) is 7.54. The lowest BCUT2D eigenvalue weighted by Gasteiger charge is -2.38. The van der Waals surface area contributed by atoms with E-state index in [9.17, 15) is 4.79 Å². The Morgan fingerprint density at radius 2 is 1.81 bits per heavy atom. The van der Waals surface area contributed by atoms with Crippen LogP contribution in [0, 0.1) is 0 Å². The lowest BCUT2D eigenvalue weighted by Crippen LogP contribution is -2.54. The normalized spacial score (nSPS) is 16.2. The Kier molecular flexibility index (Phi) is 6.26. The molecule has 190 valence electrons. The molecule has 1 saturated heterocycles. The Hall–Kier alpha value is -3.91. The van der Waals surface area contributed by atoms with Crippen molar-refractivity contribution < 1.29 is 14.3 Å². The molecule has 1 aliphatic heterocycles. The van der Waals surface area contributed by atoms with Gasteiger partial charge in [0.1, 0.15) is 11.6 Å². The maximum absolute atomic E-state index is 12.8. The Balaban J connectivity index is 1.22. The zero-order chi connectivity index (χ0) is 25.4. The number of carbonyl (C=O) groups excluding carboxylic acids is 1. The second-order valence-corrected chi connectivity index (χ2v) is 9.89. The number of methoxy groups -OCH3 is 2. The summed E-state index contributed by atoms with van der Waals surface area (Å²) < 4.78 is 13.0. The molecule has 8 heteroatoms. The summed E-state index contributed by atoms with van der Waals surface area (Å²) in [6, 6.07) is 14.4. The lowest BCUT2D eigenvalue weighted by molar-refractivity contribution is -0.0192. The van der Waals surface area contributed by atoms with Crippen LogP contribution in [-0.4, -0.2) is 59.0 Å². The van der Waals surface area contributed by atoms with Gasteiger partial charge in [-0.05, 0) is 54.1 Å². The third-order valence-corrected chi connectivity index (χ3v) is 7.54. The van der Waals surface area contributed by atoms with Crippen LogP contribution in [0.25, 0.3) is 21.9 Å². The Bertz CT molecular complexity index is 1440. The van der Waals surface area contributed by atoms with Crippen LogP contribution < -0.4 is 10.1 Å². The number of nitrogens with zero attached hydrogens (tertiary/aromatic N) is 4. The molecule has 2 aromatic carbocycles. The number of hydrogen-bond donors (Lipinski definition) is 1. The zero-order valence-corrected chi connectivity index (χ0v) is 21.2. The molecule has 8 nitrogen and oxygen atoms in total. The molecule has 0 bridgehead atoms. The predicted octanol–water partition coefficient (Wildman–Crippen LogP) is 5.44. The molecular weight excluding hydrogens is 466 g/mol. The van der Waals surface area contributed by atoms with E-state index in [0.29, 0.717) is 36.3 Å². The van der Waals surface area contributed by atoms with Gasteiger partial charge in [0.05, 0.1) is 31.1 Å². The Morgan fingerprint density at radius 1 is 0.973 bits per heavy atom. The van der Waals surface area contributed by atoms with Gasteiger partial charge < -0.3 is 19.7 Å². The highest BCUT2D eigenvalue weighted by Gasteiger charge is 2.31. The minimum Gasteiger partial charge on any atom is -0.495 e. The molecule has 0 spiro atoms. The monoisotopic (exact) mass is 497 g/mol. The van der Waals surface area contributed by atoms with Gasteiger partial charge in [-0.25, -0.2) is 4.98 Å². The van der Waals surface area contributed by atoms with E-state index in [4.69, 9.17) is 9.47 Å². The number of nitrogens with one attached hydrogen (secondary N) is 1. The molecule has 2 aromatic heterocycles. The van der Waals surface area contributed by atoms with Gasteiger partial charge in [-0.3, -0.25) is 9.48 Å². The topological polar surface area (TPSA) is 81.5 Å². The van der Waals surface area contributed by atoms with E-state index in [1.54, 1.807) is 25.2 Å². The molecule has 3 heterocycles. The van der Waals surface area contributed by atoms with E-state index in [1.807, 2.05) is 30.6 Å². The van der Waals surface area contributed by atoms with Gasteiger partial charge in [0.2, 0.25) is 0 Å². The summed E-state index contributed by atoms with van der Waals surface area (Å²) in [7, 11) is 3.27. The average Bonchev–Trinajstić information content (AvgIpc) is 3.60. The van der Waals surface area contributed by atoms with Crippen molar-refractivity contribution in [1.82, 2.24) is 19.7 Å². The highest BCUT2D eigenvalue weighted by atomic mass is 16.5. The molecule has 1 N–H and O–H groups in total. The van der Waals surface area contributed by atoms with E-state index >= 15 is 0 Å². The van der Waals surface area contributed by atoms with Crippen molar-refractivity contribution in [3.63, 3.8) is 0 Å². The highest BCUT2D eigenvalue weighted by molar-refractivity contribution is 5.96. The second-order valence-electron chi connectivity index (χ2n) is 9.89. The van der Waals surface area contributed by atoms with Crippen LogP contribution in [0.5, 0.6) is 5.75 Å². The number of pyridine rings is 1. The number of fused-ring (bicyclic) bond motifs is 1. The lowest BCUT2D eigenvalue weighted by atomic mass is 10.0. The number of amides is 1. The number of aromatic nitrogens is 3. The van der Waals surface area contributed by atoms with Crippen molar-refractivity contribution in [1.29, 1.82) is 0 Å². The fourth-order valence-electron chi connectivity index (χ4n) is 5.25. The number of ether oxygens (including phenoxy) is 2. The molecule has 0 unspecified atom stereocenters. The van der Waals surface area contributed by atoms with Gasteiger partial charge in [0.25, 0.3) is 5.91 Å². The van der Waals surface area contributed by atoms with Crippen molar-refractivity contribution in [3.8, 4) is 16.9 Å². The second kappa shape index (κ2) is 9.86. The summed E-state index contributed by atoms with van der Waals surface area (Å²) in [4.78, 5) is 19.1. The molecule has 0 atom stereocenters. The van der Waals surface area contributed by atoms with Crippen molar-refractivity contribution in [3.05, 3.63) is 66.6 Å². The van der Waals surface area contributed by atoms with Crippen LogP contribution >= 0.6 is 0 Å². The van der Waals surface area contributed by atoms with Crippen LogP contribution in [0.2, 0.25) is 0 Å². The molecule has 1 saturated carbocycles. The third kappa shape index (κ3) is 4.64. The number of anilines is 2. The number of hydrogen-bond acceptors (Lipinski definition) is 6. The van der Waals surface area contributed by atoms with E-state index in [1.165, 1.54) is 25.7 Å².